The van der Waals surface area contributed by atoms with Gasteiger partial charge < -0.3 is 24.7 Å². The topological polar surface area (TPSA) is 83.2 Å². The van der Waals surface area contributed by atoms with Gasteiger partial charge >= 0.3 is 0 Å². The Hall–Kier alpha value is -2.90. The number of ether oxygens (including phenoxy) is 1. The van der Waals surface area contributed by atoms with Crippen molar-refractivity contribution < 1.29 is 24.1 Å². The zero-order chi connectivity index (χ0) is 20.3. The van der Waals surface area contributed by atoms with Crippen LogP contribution in [0.4, 0.5) is 4.39 Å². The monoisotopic (exact) mass is 386 g/mol. The lowest BCUT2D eigenvalue weighted by Gasteiger charge is -2.26. The molecule has 0 spiro atoms. The molecule has 0 unspecified atom stereocenters. The van der Waals surface area contributed by atoms with Crippen LogP contribution < -0.4 is 10.1 Å². The van der Waals surface area contributed by atoms with Crippen molar-refractivity contribution in [3.05, 3.63) is 71.3 Å². The quantitative estimate of drug-likeness (QED) is 0.582. The van der Waals surface area contributed by atoms with Gasteiger partial charge in [-0.3, -0.25) is 4.79 Å². The van der Waals surface area contributed by atoms with Gasteiger partial charge in [-0.2, -0.15) is 0 Å². The van der Waals surface area contributed by atoms with Gasteiger partial charge in [0.25, 0.3) is 5.91 Å². The Labute approximate surface area is 162 Å². The number of aryl methyl sites for hydroxylation is 1. The summed E-state index contributed by atoms with van der Waals surface area (Å²) in [6.07, 6.45) is 1.66. The van der Waals surface area contributed by atoms with Gasteiger partial charge in [-0.25, -0.2) is 4.39 Å². The molecule has 7 heteroatoms. The van der Waals surface area contributed by atoms with Crippen molar-refractivity contribution in [1.82, 2.24) is 9.72 Å². The van der Waals surface area contributed by atoms with E-state index in [9.17, 15) is 19.4 Å². The van der Waals surface area contributed by atoms with E-state index in [1.807, 2.05) is 6.07 Å². The molecule has 0 saturated heterocycles. The summed E-state index contributed by atoms with van der Waals surface area (Å²) in [7, 11) is 0. The Morgan fingerprint density at radius 1 is 1.21 bits per heavy atom. The predicted octanol–water partition coefficient (Wildman–Crippen LogP) is 2.44. The lowest BCUT2D eigenvalue weighted by Crippen LogP contribution is -2.52. The first kappa shape index (κ1) is 19.9. The lowest BCUT2D eigenvalue weighted by molar-refractivity contribution is 0.0718. The molecule has 0 aliphatic rings. The number of fused-ring (bicyclic) bond motifs is 1. The molecule has 0 fully saturated rings. The molecule has 0 aliphatic carbocycles. The number of hydrogen-bond acceptors (Lipinski definition) is 4. The van der Waals surface area contributed by atoms with Gasteiger partial charge in [-0.15, -0.1) is 0 Å². The van der Waals surface area contributed by atoms with E-state index in [-0.39, 0.29) is 12.4 Å². The van der Waals surface area contributed by atoms with Gasteiger partial charge in [0, 0.05) is 11.1 Å². The zero-order valence-corrected chi connectivity index (χ0v) is 15.8. The van der Waals surface area contributed by atoms with Crippen LogP contribution in [0, 0.1) is 12.7 Å². The Morgan fingerprint density at radius 2 is 1.93 bits per heavy atom. The summed E-state index contributed by atoms with van der Waals surface area (Å²) in [5.74, 6) is -0.283. The number of hydrogen-bond donors (Lipinski definition) is 3. The Kier molecular flexibility index (Phi) is 5.67. The largest absolute Gasteiger partial charge is 0.487 e. The van der Waals surface area contributed by atoms with Crippen LogP contribution in [0.5, 0.6) is 5.75 Å². The summed E-state index contributed by atoms with van der Waals surface area (Å²) in [6.45, 7) is 2.63. The maximum atomic E-state index is 13.8. The molecule has 28 heavy (non-hydrogen) atoms. The number of carbonyl (C=O) groups excluding carboxylic acids is 1. The molecule has 3 N–H and O–H groups in total. The molecule has 0 aliphatic heterocycles. The van der Waals surface area contributed by atoms with Gasteiger partial charge in [0.2, 0.25) is 0 Å². The first-order valence-electron chi connectivity index (χ1n) is 8.89. The molecule has 0 atom stereocenters. The second kappa shape index (κ2) is 8.00. The van der Waals surface area contributed by atoms with Gasteiger partial charge in [0.1, 0.15) is 23.9 Å². The summed E-state index contributed by atoms with van der Waals surface area (Å²) in [4.78, 5) is 12.8. The third-order valence-corrected chi connectivity index (χ3v) is 4.61. The van der Waals surface area contributed by atoms with Crippen molar-refractivity contribution in [2.24, 2.45) is 0 Å². The van der Waals surface area contributed by atoms with Crippen LogP contribution in [0.2, 0.25) is 0 Å². The second-order valence-electron chi connectivity index (χ2n) is 7.05. The van der Waals surface area contributed by atoms with E-state index in [0.717, 1.165) is 11.1 Å². The lowest BCUT2D eigenvalue weighted by atomic mass is 10.1. The molecule has 0 saturated carbocycles. The zero-order valence-electron chi connectivity index (χ0n) is 15.8. The van der Waals surface area contributed by atoms with Crippen molar-refractivity contribution in [2.45, 2.75) is 26.0 Å². The summed E-state index contributed by atoms with van der Waals surface area (Å²) in [6, 6.07) is 11.8. The van der Waals surface area contributed by atoms with Crippen LogP contribution >= 0.6 is 0 Å². The van der Waals surface area contributed by atoms with E-state index in [2.05, 4.69) is 5.32 Å². The van der Waals surface area contributed by atoms with Crippen molar-refractivity contribution in [2.75, 3.05) is 13.2 Å². The number of amides is 1. The standard InChI is InChI=1S/C21H23FN2O4/c1-14-9-16-7-8-17(28-11-15-5-3-4-6-18(15)22)10-24(16)19(14)20(27)23-21(2,12-25)13-26/h3-10,25-26H,11-13H2,1-2H3,(H,23,27). The Balaban J connectivity index is 1.88. The van der Waals surface area contributed by atoms with Gasteiger partial charge in [-0.05, 0) is 43.7 Å². The first-order chi connectivity index (χ1) is 13.4. The minimum atomic E-state index is -1.13. The second-order valence-corrected chi connectivity index (χ2v) is 7.05. The van der Waals surface area contributed by atoms with Crippen molar-refractivity contribution in [3.63, 3.8) is 0 Å². The maximum Gasteiger partial charge on any atom is 0.269 e. The van der Waals surface area contributed by atoms with Crippen LogP contribution in [0.1, 0.15) is 28.5 Å². The van der Waals surface area contributed by atoms with Crippen molar-refractivity contribution in [3.8, 4) is 5.75 Å². The number of pyridine rings is 1. The summed E-state index contributed by atoms with van der Waals surface area (Å²) in [5.41, 5.74) is 1.20. The average Bonchev–Trinajstić information content (AvgIpc) is 3.02. The average molecular weight is 386 g/mol. The molecule has 2 heterocycles. The van der Waals surface area contributed by atoms with Crippen LogP contribution in [-0.4, -0.2) is 39.3 Å². The van der Waals surface area contributed by atoms with E-state index < -0.39 is 24.7 Å². The fraction of sp³-hybridized carbons (Fsp3) is 0.286. The van der Waals surface area contributed by atoms with Crippen LogP contribution in [0.25, 0.3) is 5.52 Å². The molecule has 1 amide bonds. The van der Waals surface area contributed by atoms with E-state index in [0.29, 0.717) is 17.0 Å². The number of carbonyl (C=O) groups is 1. The first-order valence-corrected chi connectivity index (χ1v) is 8.89. The van der Waals surface area contributed by atoms with Crippen LogP contribution in [0.3, 0.4) is 0 Å². The fourth-order valence-electron chi connectivity index (χ4n) is 2.90. The smallest absolute Gasteiger partial charge is 0.269 e. The summed E-state index contributed by atoms with van der Waals surface area (Å²) in [5, 5.41) is 21.5. The highest BCUT2D eigenvalue weighted by Crippen LogP contribution is 2.22. The number of aliphatic hydroxyl groups excluding tert-OH is 2. The molecule has 3 rings (SSSR count). The molecular weight excluding hydrogens is 363 g/mol. The SMILES string of the molecule is Cc1cc2ccc(OCc3ccccc3F)cn2c1C(=O)NC(C)(CO)CO. The number of nitrogens with zero attached hydrogens (tertiary/aromatic N) is 1. The van der Waals surface area contributed by atoms with E-state index in [1.54, 1.807) is 54.8 Å². The molecule has 0 radical (unpaired) electrons. The number of benzene rings is 1. The third kappa shape index (κ3) is 4.00. The summed E-state index contributed by atoms with van der Waals surface area (Å²) >= 11 is 0. The molecular formula is C21H23FN2O4. The molecule has 6 nitrogen and oxygen atoms in total. The highest BCUT2D eigenvalue weighted by atomic mass is 19.1. The molecule has 2 aromatic heterocycles. The third-order valence-electron chi connectivity index (χ3n) is 4.61. The number of aliphatic hydroxyl groups is 2. The van der Waals surface area contributed by atoms with E-state index in [1.165, 1.54) is 6.07 Å². The maximum absolute atomic E-state index is 13.8. The normalized spacial score (nSPS) is 11.6. The summed E-state index contributed by atoms with van der Waals surface area (Å²) < 4.78 is 21.1. The number of aromatic nitrogens is 1. The number of halogens is 1. The highest BCUT2D eigenvalue weighted by Gasteiger charge is 2.27. The molecule has 148 valence electrons. The fourth-order valence-corrected chi connectivity index (χ4v) is 2.90. The van der Waals surface area contributed by atoms with E-state index in [4.69, 9.17) is 4.74 Å². The molecule has 0 bridgehead atoms. The predicted molar refractivity (Wildman–Crippen MR) is 103 cm³/mol. The highest BCUT2D eigenvalue weighted by molar-refractivity contribution is 5.96. The number of rotatable bonds is 7. The van der Waals surface area contributed by atoms with Gasteiger partial charge in [0.05, 0.1) is 24.9 Å². The van der Waals surface area contributed by atoms with Crippen molar-refractivity contribution >= 4 is 11.4 Å². The van der Waals surface area contributed by atoms with E-state index >= 15 is 0 Å². The molecule has 3 aromatic rings. The van der Waals surface area contributed by atoms with Crippen LogP contribution in [-0.2, 0) is 6.61 Å². The van der Waals surface area contributed by atoms with Crippen molar-refractivity contribution in [1.29, 1.82) is 0 Å². The van der Waals surface area contributed by atoms with Crippen LogP contribution in [0.15, 0.2) is 48.7 Å². The minimum absolute atomic E-state index is 0.0626. The van der Waals surface area contributed by atoms with Gasteiger partial charge in [-0.1, -0.05) is 18.2 Å². The van der Waals surface area contributed by atoms with Gasteiger partial charge in [0.15, 0.2) is 0 Å². The minimum Gasteiger partial charge on any atom is -0.487 e. The Bertz CT molecular complexity index is 995. The number of nitrogens with one attached hydrogen (secondary N) is 1. The Morgan fingerprint density at radius 3 is 2.61 bits per heavy atom. The molecule has 1 aromatic carbocycles.